The van der Waals surface area contributed by atoms with E-state index in [0.717, 1.165) is 12.0 Å². The fourth-order valence-corrected chi connectivity index (χ4v) is 3.61. The number of oxime groups is 1. The van der Waals surface area contributed by atoms with Crippen LogP contribution in [0.5, 0.6) is 0 Å². The Kier molecular flexibility index (Phi) is 7.89. The lowest BCUT2D eigenvalue weighted by Gasteiger charge is -2.05. The summed E-state index contributed by atoms with van der Waals surface area (Å²) in [7, 11) is 1.32. The molecule has 186 valence electrons. The highest BCUT2D eigenvalue weighted by atomic mass is 19.1. The molecule has 0 N–H and O–H groups in total. The SMILES string of the molecule is CCCO/N=C(\Cn1cc(Cc2ccc(F)cc2)c(C(=O)OC)c1)c1cc(-c2ccc(F)cc2)no1. The molecular weight excluding hydrogens is 468 g/mol. The highest BCUT2D eigenvalue weighted by Crippen LogP contribution is 2.22. The molecule has 0 radical (unpaired) electrons. The van der Waals surface area contributed by atoms with Crippen molar-refractivity contribution in [3.63, 3.8) is 0 Å². The number of nitrogens with zero attached hydrogens (tertiary/aromatic N) is 3. The highest BCUT2D eigenvalue weighted by molar-refractivity contribution is 5.98. The third kappa shape index (κ3) is 6.04. The average Bonchev–Trinajstić information content (AvgIpc) is 3.52. The maximum atomic E-state index is 13.3. The maximum absolute atomic E-state index is 13.3. The largest absolute Gasteiger partial charge is 0.465 e. The zero-order valence-corrected chi connectivity index (χ0v) is 19.9. The molecule has 2 aromatic heterocycles. The Bertz CT molecular complexity index is 1340. The molecule has 2 heterocycles. The first kappa shape index (κ1) is 24.8. The van der Waals surface area contributed by atoms with Crippen LogP contribution in [0.25, 0.3) is 11.3 Å². The van der Waals surface area contributed by atoms with Gasteiger partial charge in [-0.05, 0) is 60.4 Å². The third-order valence-corrected chi connectivity index (χ3v) is 5.41. The van der Waals surface area contributed by atoms with Crippen LogP contribution in [0.15, 0.2) is 76.7 Å². The van der Waals surface area contributed by atoms with Crippen LogP contribution in [-0.2, 0) is 22.5 Å². The first-order chi connectivity index (χ1) is 17.5. The number of esters is 1. The van der Waals surface area contributed by atoms with Crippen LogP contribution in [-0.4, -0.2) is 35.1 Å². The number of ether oxygens (including phenoxy) is 1. The quantitative estimate of drug-likeness (QED) is 0.124. The zero-order chi connectivity index (χ0) is 25.5. The van der Waals surface area contributed by atoms with Crippen LogP contribution in [0.4, 0.5) is 8.78 Å². The number of rotatable bonds is 10. The van der Waals surface area contributed by atoms with Gasteiger partial charge in [0.05, 0.1) is 19.2 Å². The summed E-state index contributed by atoms with van der Waals surface area (Å²) in [4.78, 5) is 17.9. The van der Waals surface area contributed by atoms with E-state index < -0.39 is 5.97 Å². The van der Waals surface area contributed by atoms with E-state index in [9.17, 15) is 13.6 Å². The second kappa shape index (κ2) is 11.4. The molecule has 4 rings (SSSR count). The van der Waals surface area contributed by atoms with Crippen molar-refractivity contribution in [3.8, 4) is 11.3 Å². The molecule has 0 saturated carbocycles. The predicted molar refractivity (Wildman–Crippen MR) is 130 cm³/mol. The highest BCUT2D eigenvalue weighted by Gasteiger charge is 2.19. The van der Waals surface area contributed by atoms with Gasteiger partial charge < -0.3 is 18.7 Å². The van der Waals surface area contributed by atoms with Crippen LogP contribution < -0.4 is 0 Å². The van der Waals surface area contributed by atoms with Crippen molar-refractivity contribution >= 4 is 11.7 Å². The Labute approximate surface area is 206 Å². The molecule has 0 aliphatic rings. The zero-order valence-electron chi connectivity index (χ0n) is 19.9. The monoisotopic (exact) mass is 493 g/mol. The Hall–Kier alpha value is -4.27. The molecule has 0 amide bonds. The Morgan fingerprint density at radius 2 is 1.75 bits per heavy atom. The topological polar surface area (TPSA) is 78.9 Å². The number of carbonyl (C=O) groups excluding carboxylic acids is 1. The van der Waals surface area contributed by atoms with E-state index in [1.807, 2.05) is 13.1 Å². The molecule has 0 fully saturated rings. The molecule has 0 saturated heterocycles. The summed E-state index contributed by atoms with van der Waals surface area (Å²) in [6.45, 7) is 2.60. The average molecular weight is 494 g/mol. The van der Waals surface area contributed by atoms with Gasteiger partial charge in [0.1, 0.15) is 29.6 Å². The number of halogens is 2. The number of benzene rings is 2. The van der Waals surface area contributed by atoms with Crippen LogP contribution in [0.2, 0.25) is 0 Å². The Balaban J connectivity index is 1.63. The third-order valence-electron chi connectivity index (χ3n) is 5.41. The van der Waals surface area contributed by atoms with Crippen LogP contribution in [0.3, 0.4) is 0 Å². The molecule has 0 unspecified atom stereocenters. The van der Waals surface area contributed by atoms with Gasteiger partial charge in [0.15, 0.2) is 5.76 Å². The Morgan fingerprint density at radius 1 is 1.06 bits per heavy atom. The van der Waals surface area contributed by atoms with Crippen molar-refractivity contribution in [3.05, 3.63) is 101 Å². The second-order valence-corrected chi connectivity index (χ2v) is 8.12. The lowest BCUT2D eigenvalue weighted by Crippen LogP contribution is -2.11. The van der Waals surface area contributed by atoms with Crippen molar-refractivity contribution in [2.75, 3.05) is 13.7 Å². The molecule has 0 aliphatic heterocycles. The molecule has 0 spiro atoms. The van der Waals surface area contributed by atoms with Crippen molar-refractivity contribution in [1.82, 2.24) is 9.72 Å². The number of aromatic nitrogens is 2. The second-order valence-electron chi connectivity index (χ2n) is 8.12. The van der Waals surface area contributed by atoms with Gasteiger partial charge in [-0.1, -0.05) is 29.4 Å². The molecule has 9 heteroatoms. The Morgan fingerprint density at radius 3 is 2.42 bits per heavy atom. The normalized spacial score (nSPS) is 11.5. The molecule has 2 aromatic carbocycles. The minimum atomic E-state index is -0.482. The number of hydrogen-bond acceptors (Lipinski definition) is 6. The van der Waals surface area contributed by atoms with E-state index in [2.05, 4.69) is 10.3 Å². The minimum absolute atomic E-state index is 0.217. The summed E-state index contributed by atoms with van der Waals surface area (Å²) in [6.07, 6.45) is 4.65. The molecule has 0 bridgehead atoms. The smallest absolute Gasteiger partial charge is 0.339 e. The summed E-state index contributed by atoms with van der Waals surface area (Å²) in [5.41, 5.74) is 3.61. The first-order valence-corrected chi connectivity index (χ1v) is 11.4. The fraction of sp³-hybridized carbons (Fsp3) is 0.222. The number of hydrogen-bond donors (Lipinski definition) is 0. The van der Waals surface area contributed by atoms with Gasteiger partial charge in [-0.2, -0.15) is 0 Å². The van der Waals surface area contributed by atoms with Crippen molar-refractivity contribution in [1.29, 1.82) is 0 Å². The maximum Gasteiger partial charge on any atom is 0.339 e. The van der Waals surface area contributed by atoms with Gasteiger partial charge in [-0.3, -0.25) is 0 Å². The van der Waals surface area contributed by atoms with E-state index >= 15 is 0 Å². The predicted octanol–water partition coefficient (Wildman–Crippen LogP) is 5.63. The number of methoxy groups -OCH3 is 1. The van der Waals surface area contributed by atoms with Gasteiger partial charge in [-0.15, -0.1) is 0 Å². The summed E-state index contributed by atoms with van der Waals surface area (Å²) in [5.74, 6) is -0.781. The van der Waals surface area contributed by atoms with E-state index in [-0.39, 0.29) is 18.2 Å². The van der Waals surface area contributed by atoms with Crippen LogP contribution in [0.1, 0.15) is 40.6 Å². The standard InChI is InChI=1S/C27H25F2N3O4/c1-3-12-35-30-25(26-14-24(31-36-26)19-6-10-22(29)11-7-19)17-32-15-20(23(16-32)27(33)34-2)13-18-4-8-21(28)9-5-18/h4-11,14-16H,3,12-13,17H2,1-2H3/b30-25+. The molecule has 7 nitrogen and oxygen atoms in total. The number of carbonyl (C=O) groups is 1. The summed E-state index contributed by atoms with van der Waals surface area (Å²) in [6, 6.07) is 13.7. The van der Waals surface area contributed by atoms with Crippen molar-refractivity contribution in [2.24, 2.45) is 5.16 Å². The van der Waals surface area contributed by atoms with Crippen molar-refractivity contribution in [2.45, 2.75) is 26.3 Å². The molecule has 0 atom stereocenters. The summed E-state index contributed by atoms with van der Waals surface area (Å²) >= 11 is 0. The minimum Gasteiger partial charge on any atom is -0.465 e. The summed E-state index contributed by atoms with van der Waals surface area (Å²) in [5, 5.41) is 8.33. The lowest BCUT2D eigenvalue weighted by molar-refractivity contribution is 0.0599. The summed E-state index contributed by atoms with van der Waals surface area (Å²) < 4.78 is 38.9. The van der Waals surface area contributed by atoms with Gasteiger partial charge in [0.25, 0.3) is 0 Å². The molecule has 4 aromatic rings. The van der Waals surface area contributed by atoms with Gasteiger partial charge in [0.2, 0.25) is 0 Å². The van der Waals surface area contributed by atoms with Crippen LogP contribution in [0, 0.1) is 11.6 Å². The van der Waals surface area contributed by atoms with E-state index in [4.69, 9.17) is 14.1 Å². The van der Waals surface area contributed by atoms with E-state index in [0.29, 0.717) is 46.9 Å². The molecular formula is C27H25F2N3O4. The van der Waals surface area contributed by atoms with E-state index in [1.165, 1.54) is 31.4 Å². The fourth-order valence-electron chi connectivity index (χ4n) is 3.61. The molecule has 0 aliphatic carbocycles. The van der Waals surface area contributed by atoms with Crippen molar-refractivity contribution < 1.29 is 27.7 Å². The van der Waals surface area contributed by atoms with Gasteiger partial charge >= 0.3 is 5.97 Å². The van der Waals surface area contributed by atoms with Gasteiger partial charge in [-0.25, -0.2) is 13.6 Å². The van der Waals surface area contributed by atoms with E-state index in [1.54, 1.807) is 41.1 Å². The van der Waals surface area contributed by atoms with Crippen LogP contribution >= 0.6 is 0 Å². The lowest BCUT2D eigenvalue weighted by atomic mass is 10.0. The first-order valence-electron chi connectivity index (χ1n) is 11.4. The van der Waals surface area contributed by atoms with Gasteiger partial charge in [0, 0.05) is 24.0 Å². The molecule has 36 heavy (non-hydrogen) atoms.